The van der Waals surface area contributed by atoms with E-state index in [1.54, 1.807) is 0 Å². The molecule has 0 bridgehead atoms. The molecule has 0 saturated heterocycles. The minimum atomic E-state index is -0.530. The van der Waals surface area contributed by atoms with Crippen molar-refractivity contribution < 1.29 is 9.53 Å². The van der Waals surface area contributed by atoms with Gasteiger partial charge in [-0.25, -0.2) is 9.80 Å². The third-order valence-electron chi connectivity index (χ3n) is 7.82. The van der Waals surface area contributed by atoms with Gasteiger partial charge in [0.05, 0.1) is 11.2 Å². The lowest BCUT2D eigenvalue weighted by atomic mass is 9.91. The zero-order chi connectivity index (χ0) is 28.8. The molecule has 0 aliphatic carbocycles. The van der Waals surface area contributed by atoms with Crippen LogP contribution < -0.4 is 10.7 Å². The normalized spacial score (nSPS) is 13.8. The molecule has 210 valence electrons. The van der Waals surface area contributed by atoms with Crippen LogP contribution in [-0.2, 0) is 23.2 Å². The molecule has 0 radical (unpaired) electrons. The van der Waals surface area contributed by atoms with Crippen LogP contribution in [0.3, 0.4) is 0 Å². The highest BCUT2D eigenvalue weighted by molar-refractivity contribution is 5.91. The molecule has 40 heavy (non-hydrogen) atoms. The molecule has 6 heteroatoms. The molecule has 2 heterocycles. The Morgan fingerprint density at radius 3 is 2.38 bits per heavy atom. The fraction of sp³-hybridized carbons (Fsp3) is 0.382. The monoisotopic (exact) mass is 538 g/mol. The number of aromatic nitrogens is 1. The largest absolute Gasteiger partial charge is 0.444 e. The van der Waals surface area contributed by atoms with Gasteiger partial charge in [0.15, 0.2) is 0 Å². The van der Waals surface area contributed by atoms with E-state index in [1.807, 2.05) is 20.8 Å². The van der Waals surface area contributed by atoms with E-state index in [0.717, 1.165) is 23.3 Å². The fourth-order valence-electron chi connectivity index (χ4n) is 5.71. The Bertz CT molecular complexity index is 1550. The van der Waals surface area contributed by atoms with Gasteiger partial charge in [0.2, 0.25) is 0 Å². The number of aromatic amines is 1. The maximum Gasteiger partial charge on any atom is 0.407 e. The molecule has 0 spiro atoms. The van der Waals surface area contributed by atoms with Crippen molar-refractivity contribution in [1.29, 1.82) is 0 Å². The molecular formula is C34H42N4O2. The number of nitrogens with zero attached hydrogens (tertiary/aromatic N) is 1. The third-order valence-corrected chi connectivity index (χ3v) is 7.82. The highest BCUT2D eigenvalue weighted by Crippen LogP contribution is 2.39. The molecule has 0 fully saturated rings. The minimum Gasteiger partial charge on any atom is -0.444 e. The Labute approximate surface area is 238 Å². The summed E-state index contributed by atoms with van der Waals surface area (Å²) in [6.45, 7) is 17.9. The molecular weight excluding hydrogens is 496 g/mol. The smallest absolute Gasteiger partial charge is 0.407 e. The third kappa shape index (κ3) is 5.59. The number of carbonyl (C=O) groups is 1. The van der Waals surface area contributed by atoms with E-state index in [1.165, 1.54) is 44.5 Å². The van der Waals surface area contributed by atoms with E-state index in [4.69, 9.17) is 4.74 Å². The molecule has 4 aromatic rings. The lowest BCUT2D eigenvalue weighted by Crippen LogP contribution is -2.41. The maximum absolute atomic E-state index is 12.4. The van der Waals surface area contributed by atoms with Gasteiger partial charge < -0.3 is 20.5 Å². The van der Waals surface area contributed by atoms with Gasteiger partial charge in [-0.1, -0.05) is 35.4 Å². The van der Waals surface area contributed by atoms with Crippen molar-refractivity contribution in [2.75, 3.05) is 12.0 Å². The second kappa shape index (κ2) is 10.3. The van der Waals surface area contributed by atoms with Gasteiger partial charge in [-0.15, -0.1) is 0 Å². The maximum atomic E-state index is 12.4. The van der Waals surface area contributed by atoms with Crippen LogP contribution in [-0.4, -0.2) is 28.2 Å². The lowest BCUT2D eigenvalue weighted by molar-refractivity contribution is 0.0528. The molecule has 1 aliphatic rings. The van der Waals surface area contributed by atoms with Gasteiger partial charge in [-0.05, 0) is 120 Å². The lowest BCUT2D eigenvalue weighted by Gasteiger charge is -2.36. The number of hydrogen-bond donors (Lipinski definition) is 3. The number of carbonyl (C=O) groups excluding carboxylic acids is 1. The zero-order valence-corrected chi connectivity index (χ0v) is 25.1. The Morgan fingerprint density at radius 2 is 1.70 bits per heavy atom. The fourth-order valence-corrected chi connectivity index (χ4v) is 5.71. The van der Waals surface area contributed by atoms with Crippen molar-refractivity contribution in [1.82, 2.24) is 15.3 Å². The van der Waals surface area contributed by atoms with Gasteiger partial charge in [0.1, 0.15) is 5.60 Å². The molecule has 3 aromatic carbocycles. The van der Waals surface area contributed by atoms with Gasteiger partial charge in [0.25, 0.3) is 0 Å². The van der Waals surface area contributed by atoms with Crippen LogP contribution in [0.2, 0.25) is 0 Å². The van der Waals surface area contributed by atoms with E-state index in [-0.39, 0.29) is 5.54 Å². The second-order valence-electron chi connectivity index (χ2n) is 12.7. The van der Waals surface area contributed by atoms with Gasteiger partial charge in [-0.2, -0.15) is 0 Å². The first-order valence-corrected chi connectivity index (χ1v) is 14.2. The highest BCUT2D eigenvalue weighted by Gasteiger charge is 2.34. The number of alkyl carbamates (subject to hydrolysis) is 1. The van der Waals surface area contributed by atoms with E-state index in [9.17, 15) is 4.79 Å². The topological polar surface area (TPSA) is 69.4 Å². The standard InChI is InChI=1S/C34H42N4O2/c1-21-16-22(2)18-24(17-21)31-26(14-15-35-32(39)40-33(4,5)6)27-19-25(12-13-29(27)36-31)34(7,8)38-20-28-23(3)10-9-11-30(28)37-38/h9-13,16-19,36-37H,14-15,20H2,1-8H3,(H,35,39). The summed E-state index contributed by atoms with van der Waals surface area (Å²) in [6.07, 6.45) is 0.287. The number of rotatable bonds is 6. The number of H-pyrrole nitrogens is 1. The number of hydrogen-bond acceptors (Lipinski definition) is 4. The number of amides is 1. The van der Waals surface area contributed by atoms with E-state index >= 15 is 0 Å². The van der Waals surface area contributed by atoms with Crippen LogP contribution in [0.4, 0.5) is 10.5 Å². The average Bonchev–Trinajstić information content (AvgIpc) is 3.45. The molecule has 0 saturated carbocycles. The minimum absolute atomic E-state index is 0.261. The number of hydrazine groups is 1. The number of nitrogens with one attached hydrogen (secondary N) is 3. The van der Waals surface area contributed by atoms with Crippen LogP contribution in [0.15, 0.2) is 54.6 Å². The van der Waals surface area contributed by atoms with Crippen LogP contribution >= 0.6 is 0 Å². The average molecular weight is 539 g/mol. The first kappa shape index (κ1) is 27.8. The molecule has 1 aromatic heterocycles. The number of fused-ring (bicyclic) bond motifs is 2. The molecule has 3 N–H and O–H groups in total. The predicted octanol–water partition coefficient (Wildman–Crippen LogP) is 7.91. The SMILES string of the molecule is Cc1cc(C)cc(-c2[nH]c3ccc(C(C)(C)N4Cc5c(C)cccc5N4)cc3c2CCNC(=O)OC(C)(C)C)c1. The number of aryl methyl sites for hydroxylation is 3. The van der Waals surface area contributed by atoms with Crippen LogP contribution in [0.25, 0.3) is 22.2 Å². The summed E-state index contributed by atoms with van der Waals surface area (Å²) in [4.78, 5) is 16.1. The number of benzene rings is 3. The molecule has 1 aliphatic heterocycles. The Morgan fingerprint density at radius 1 is 0.975 bits per heavy atom. The summed E-state index contributed by atoms with van der Waals surface area (Å²) >= 11 is 0. The Kier molecular flexibility index (Phi) is 7.17. The second-order valence-corrected chi connectivity index (χ2v) is 12.7. The zero-order valence-electron chi connectivity index (χ0n) is 25.1. The quantitative estimate of drug-likeness (QED) is 0.233. The van der Waals surface area contributed by atoms with Crippen molar-refractivity contribution in [2.45, 2.75) is 79.5 Å². The number of anilines is 1. The first-order valence-electron chi connectivity index (χ1n) is 14.2. The van der Waals surface area contributed by atoms with Gasteiger partial charge in [-0.3, -0.25) is 0 Å². The molecule has 0 unspecified atom stereocenters. The summed E-state index contributed by atoms with van der Waals surface area (Å²) in [5.41, 5.74) is 14.9. The van der Waals surface area contributed by atoms with Crippen LogP contribution in [0.1, 0.15) is 68.0 Å². The predicted molar refractivity (Wildman–Crippen MR) is 165 cm³/mol. The van der Waals surface area contributed by atoms with Crippen LogP contribution in [0.5, 0.6) is 0 Å². The first-order chi connectivity index (χ1) is 18.8. The van der Waals surface area contributed by atoms with E-state index in [0.29, 0.717) is 13.0 Å². The van der Waals surface area contributed by atoms with E-state index < -0.39 is 11.7 Å². The van der Waals surface area contributed by atoms with Crippen molar-refractivity contribution in [3.05, 3.63) is 88.0 Å². The van der Waals surface area contributed by atoms with Crippen molar-refractivity contribution in [3.8, 4) is 11.3 Å². The molecule has 6 nitrogen and oxygen atoms in total. The summed E-state index contributed by atoms with van der Waals surface area (Å²) < 4.78 is 5.48. The molecule has 0 atom stereocenters. The van der Waals surface area contributed by atoms with Crippen LogP contribution in [0, 0.1) is 20.8 Å². The Balaban J connectivity index is 1.51. The van der Waals surface area contributed by atoms with Crippen molar-refractivity contribution in [3.63, 3.8) is 0 Å². The summed E-state index contributed by atoms with van der Waals surface area (Å²) in [5, 5.41) is 6.46. The van der Waals surface area contributed by atoms with Crippen molar-refractivity contribution >= 4 is 22.7 Å². The summed E-state index contributed by atoms with van der Waals surface area (Å²) in [6, 6.07) is 19.8. The highest BCUT2D eigenvalue weighted by atomic mass is 16.6. The van der Waals surface area contributed by atoms with Gasteiger partial charge >= 0.3 is 6.09 Å². The van der Waals surface area contributed by atoms with E-state index in [2.05, 4.69) is 110 Å². The molecule has 5 rings (SSSR count). The number of ether oxygens (including phenoxy) is 1. The summed E-state index contributed by atoms with van der Waals surface area (Å²) in [7, 11) is 0. The van der Waals surface area contributed by atoms with Crippen molar-refractivity contribution in [2.24, 2.45) is 0 Å². The summed E-state index contributed by atoms with van der Waals surface area (Å²) in [5.74, 6) is 0. The van der Waals surface area contributed by atoms with Gasteiger partial charge in [0, 0.05) is 29.7 Å². The molecule has 1 amide bonds. The Hall–Kier alpha value is -3.77.